The first kappa shape index (κ1) is 12.9. The van der Waals surface area contributed by atoms with Gasteiger partial charge in [0.25, 0.3) is 0 Å². The summed E-state index contributed by atoms with van der Waals surface area (Å²) in [5.41, 5.74) is 0. The number of nitrogens with zero attached hydrogens (tertiary/aromatic N) is 1. The van der Waals surface area contributed by atoms with Crippen LogP contribution in [-0.2, 0) is 11.0 Å². The lowest BCUT2D eigenvalue weighted by atomic mass is 10.0. The zero-order valence-electron chi connectivity index (χ0n) is 10.2. The van der Waals surface area contributed by atoms with Gasteiger partial charge in [0.2, 0.25) is 0 Å². The molecule has 1 aliphatic heterocycles. The van der Waals surface area contributed by atoms with Gasteiger partial charge in [-0.25, -0.2) is 8.51 Å². The van der Waals surface area contributed by atoms with E-state index in [0.29, 0.717) is 6.04 Å². The second kappa shape index (κ2) is 5.26. The van der Waals surface area contributed by atoms with Crippen LogP contribution in [0, 0.1) is 0 Å². The topological polar surface area (TPSA) is 20.3 Å². The summed E-state index contributed by atoms with van der Waals surface area (Å²) in [5, 5.41) is 0. The van der Waals surface area contributed by atoms with Crippen LogP contribution in [0.15, 0.2) is 12.7 Å². The molecule has 1 rings (SSSR count). The molecular weight excluding hydrogens is 206 g/mol. The third kappa shape index (κ3) is 3.42. The molecule has 2 atom stereocenters. The lowest BCUT2D eigenvalue weighted by Gasteiger charge is -2.37. The smallest absolute Gasteiger partial charge is 0.1000 e. The average Bonchev–Trinajstić information content (AvgIpc) is 2.17. The Morgan fingerprint density at radius 3 is 2.67 bits per heavy atom. The lowest BCUT2D eigenvalue weighted by Crippen LogP contribution is -2.46. The Hall–Kier alpha value is -0.150. The molecule has 1 saturated heterocycles. The van der Waals surface area contributed by atoms with Crippen LogP contribution in [0.1, 0.15) is 46.5 Å². The van der Waals surface area contributed by atoms with Gasteiger partial charge in [0.15, 0.2) is 0 Å². The first-order chi connectivity index (χ1) is 6.96. The lowest BCUT2D eigenvalue weighted by molar-refractivity contribution is 0.261. The van der Waals surface area contributed by atoms with Gasteiger partial charge >= 0.3 is 0 Å². The van der Waals surface area contributed by atoms with Gasteiger partial charge in [-0.2, -0.15) is 0 Å². The van der Waals surface area contributed by atoms with Crippen molar-refractivity contribution >= 4 is 11.0 Å². The number of rotatable bonds is 3. The SMILES string of the molecule is C=CC[C@H]1CCCCN1[S@](=O)C(C)(C)C. The van der Waals surface area contributed by atoms with E-state index in [1.807, 2.05) is 26.8 Å². The van der Waals surface area contributed by atoms with Crippen LogP contribution in [0.4, 0.5) is 0 Å². The molecule has 0 aromatic rings. The van der Waals surface area contributed by atoms with E-state index in [1.165, 1.54) is 12.8 Å². The van der Waals surface area contributed by atoms with Gasteiger partial charge in [-0.05, 0) is 40.0 Å². The van der Waals surface area contributed by atoms with Gasteiger partial charge in [0, 0.05) is 12.6 Å². The molecule has 0 aromatic carbocycles. The van der Waals surface area contributed by atoms with Gasteiger partial charge in [-0.15, -0.1) is 6.58 Å². The third-order valence-electron chi connectivity index (χ3n) is 2.75. The molecule has 0 radical (unpaired) electrons. The predicted octanol–water partition coefficient (Wildman–Crippen LogP) is 2.88. The number of hydrogen-bond donors (Lipinski definition) is 0. The minimum absolute atomic E-state index is 0.142. The van der Waals surface area contributed by atoms with Crippen LogP contribution in [0.2, 0.25) is 0 Å². The fraction of sp³-hybridized carbons (Fsp3) is 0.833. The largest absolute Gasteiger partial charge is 0.242 e. The summed E-state index contributed by atoms with van der Waals surface area (Å²) in [7, 11) is -0.870. The summed E-state index contributed by atoms with van der Waals surface area (Å²) in [6.45, 7) is 10.9. The molecule has 0 N–H and O–H groups in total. The summed E-state index contributed by atoms with van der Waals surface area (Å²) >= 11 is 0. The maximum Gasteiger partial charge on any atom is 0.1000 e. The zero-order valence-corrected chi connectivity index (χ0v) is 11.0. The number of piperidine rings is 1. The fourth-order valence-corrected chi connectivity index (χ4v) is 3.43. The summed E-state index contributed by atoms with van der Waals surface area (Å²) in [6.07, 6.45) is 6.50. The standard InChI is InChI=1S/C12H23NOS/c1-5-8-11-9-6-7-10-13(11)15(14)12(2,3)4/h5,11H,1,6-10H2,2-4H3/t11-,15+/m0/s1. The summed E-state index contributed by atoms with van der Waals surface area (Å²) in [6, 6.07) is 0.441. The minimum Gasteiger partial charge on any atom is -0.242 e. The Labute approximate surface area is 96.3 Å². The Balaban J connectivity index is 2.71. The zero-order chi connectivity index (χ0) is 11.5. The van der Waals surface area contributed by atoms with Crippen molar-refractivity contribution in [3.05, 3.63) is 12.7 Å². The highest BCUT2D eigenvalue weighted by Crippen LogP contribution is 2.26. The van der Waals surface area contributed by atoms with E-state index in [1.54, 1.807) is 0 Å². The molecule has 1 aliphatic rings. The van der Waals surface area contributed by atoms with Gasteiger partial charge < -0.3 is 0 Å². The maximum atomic E-state index is 12.3. The highest BCUT2D eigenvalue weighted by atomic mass is 32.2. The molecule has 15 heavy (non-hydrogen) atoms. The van der Waals surface area contributed by atoms with E-state index in [4.69, 9.17) is 0 Å². The quantitative estimate of drug-likeness (QED) is 0.681. The van der Waals surface area contributed by atoms with Crippen molar-refractivity contribution < 1.29 is 4.21 Å². The van der Waals surface area contributed by atoms with Crippen molar-refractivity contribution in [2.45, 2.75) is 57.2 Å². The van der Waals surface area contributed by atoms with E-state index in [0.717, 1.165) is 19.4 Å². The Morgan fingerprint density at radius 1 is 1.47 bits per heavy atom. The molecule has 0 amide bonds. The van der Waals surface area contributed by atoms with Crippen LogP contribution in [0.25, 0.3) is 0 Å². The first-order valence-corrected chi connectivity index (χ1v) is 6.87. The first-order valence-electron chi connectivity index (χ1n) is 5.76. The van der Waals surface area contributed by atoms with Crippen LogP contribution in [0.5, 0.6) is 0 Å². The molecule has 0 aliphatic carbocycles. The molecule has 0 unspecified atom stereocenters. The molecule has 0 saturated carbocycles. The highest BCUT2D eigenvalue weighted by Gasteiger charge is 2.32. The van der Waals surface area contributed by atoms with Crippen molar-refractivity contribution in [3.8, 4) is 0 Å². The van der Waals surface area contributed by atoms with Crippen LogP contribution >= 0.6 is 0 Å². The molecule has 1 heterocycles. The van der Waals surface area contributed by atoms with Crippen LogP contribution in [0.3, 0.4) is 0 Å². The monoisotopic (exact) mass is 229 g/mol. The summed E-state index contributed by atoms with van der Waals surface area (Å²) < 4.78 is 14.3. The molecule has 0 spiro atoms. The van der Waals surface area contributed by atoms with Crippen LogP contribution < -0.4 is 0 Å². The van der Waals surface area contributed by atoms with Gasteiger partial charge in [0.1, 0.15) is 0 Å². The van der Waals surface area contributed by atoms with Crippen LogP contribution in [-0.4, -0.2) is 25.8 Å². The van der Waals surface area contributed by atoms with E-state index in [-0.39, 0.29) is 4.75 Å². The van der Waals surface area contributed by atoms with Crippen molar-refractivity contribution in [1.29, 1.82) is 0 Å². The normalized spacial score (nSPS) is 26.2. The second-order valence-corrected chi connectivity index (χ2v) is 7.37. The van der Waals surface area contributed by atoms with Gasteiger partial charge in [0.05, 0.1) is 15.7 Å². The van der Waals surface area contributed by atoms with E-state index in [9.17, 15) is 4.21 Å². The third-order valence-corrected chi connectivity index (χ3v) is 4.70. The predicted molar refractivity (Wildman–Crippen MR) is 67.1 cm³/mol. The molecule has 88 valence electrons. The van der Waals surface area contributed by atoms with E-state index < -0.39 is 11.0 Å². The second-order valence-electron chi connectivity index (χ2n) is 5.18. The van der Waals surface area contributed by atoms with E-state index >= 15 is 0 Å². The van der Waals surface area contributed by atoms with Crippen molar-refractivity contribution in [1.82, 2.24) is 4.31 Å². The maximum absolute atomic E-state index is 12.3. The van der Waals surface area contributed by atoms with E-state index in [2.05, 4.69) is 10.9 Å². The molecular formula is C12H23NOS. The van der Waals surface area contributed by atoms with Crippen molar-refractivity contribution in [3.63, 3.8) is 0 Å². The van der Waals surface area contributed by atoms with Crippen molar-refractivity contribution in [2.24, 2.45) is 0 Å². The number of hydrogen-bond acceptors (Lipinski definition) is 1. The summed E-state index contributed by atoms with van der Waals surface area (Å²) in [5.74, 6) is 0. The molecule has 0 bridgehead atoms. The Morgan fingerprint density at radius 2 is 2.13 bits per heavy atom. The van der Waals surface area contributed by atoms with Gasteiger partial charge in [-0.3, -0.25) is 0 Å². The summed E-state index contributed by atoms with van der Waals surface area (Å²) in [4.78, 5) is 0. The average molecular weight is 229 g/mol. The molecule has 3 heteroatoms. The highest BCUT2D eigenvalue weighted by molar-refractivity contribution is 7.84. The Bertz CT molecular complexity index is 244. The van der Waals surface area contributed by atoms with Crippen molar-refractivity contribution in [2.75, 3.05) is 6.54 Å². The van der Waals surface area contributed by atoms with Gasteiger partial charge in [-0.1, -0.05) is 12.5 Å². The molecule has 2 nitrogen and oxygen atoms in total. The minimum atomic E-state index is -0.870. The molecule has 1 fully saturated rings. The molecule has 0 aromatic heterocycles. The Kier molecular flexibility index (Phi) is 4.53. The fourth-order valence-electron chi connectivity index (χ4n) is 1.97.